The van der Waals surface area contributed by atoms with Gasteiger partial charge in [0.25, 0.3) is 0 Å². The Hall–Kier alpha value is -1.90. The number of rotatable bonds is 0. The van der Waals surface area contributed by atoms with Crippen LogP contribution < -0.4 is 0 Å². The van der Waals surface area contributed by atoms with Gasteiger partial charge < -0.3 is 4.74 Å². The lowest BCUT2D eigenvalue weighted by Gasteiger charge is -2.26. The van der Waals surface area contributed by atoms with Crippen molar-refractivity contribution < 1.29 is 14.3 Å². The molecule has 1 aromatic carbocycles. The third-order valence-electron chi connectivity index (χ3n) is 3.36. The molecule has 0 unspecified atom stereocenters. The maximum absolute atomic E-state index is 12.4. The van der Waals surface area contributed by atoms with Crippen molar-refractivity contribution >= 4 is 17.8 Å². The van der Waals surface area contributed by atoms with Gasteiger partial charge in [-0.3, -0.25) is 9.59 Å². The molecule has 1 spiro atoms. The molecule has 0 radical (unpaired) electrons. The molecule has 1 heterocycles. The zero-order valence-corrected chi connectivity index (χ0v) is 9.53. The van der Waals surface area contributed by atoms with Crippen LogP contribution in [0.5, 0.6) is 0 Å². The van der Waals surface area contributed by atoms with Crippen LogP contribution in [0, 0.1) is 6.92 Å². The molecule has 1 aliphatic heterocycles. The molecule has 1 saturated heterocycles. The summed E-state index contributed by atoms with van der Waals surface area (Å²) in [6.45, 7) is 1.98. The molecule has 1 fully saturated rings. The molecule has 0 aromatic heterocycles. The highest BCUT2D eigenvalue weighted by Gasteiger charge is 2.47. The number of hydrogen-bond acceptors (Lipinski definition) is 3. The number of ether oxygens (including phenoxy) is 1. The predicted molar refractivity (Wildman–Crippen MR) is 62.6 cm³/mol. The van der Waals surface area contributed by atoms with Crippen molar-refractivity contribution in [3.63, 3.8) is 0 Å². The Bertz CT molecular complexity index is 557. The first kappa shape index (κ1) is 10.3. The minimum absolute atomic E-state index is 0.0964. The summed E-state index contributed by atoms with van der Waals surface area (Å²) < 4.78 is 5.21. The zero-order valence-electron chi connectivity index (χ0n) is 9.53. The van der Waals surface area contributed by atoms with Gasteiger partial charge in [0.15, 0.2) is 5.60 Å². The van der Waals surface area contributed by atoms with Gasteiger partial charge in [0, 0.05) is 12.0 Å². The molecule has 0 bridgehead atoms. The quantitative estimate of drug-likeness (QED) is 0.640. The molecule has 3 nitrogen and oxygen atoms in total. The maximum atomic E-state index is 12.4. The first-order chi connectivity index (χ1) is 8.11. The van der Waals surface area contributed by atoms with E-state index >= 15 is 0 Å². The average molecular weight is 228 g/mol. The van der Waals surface area contributed by atoms with Crippen molar-refractivity contribution in [3.05, 3.63) is 41.0 Å². The number of fused-ring (bicyclic) bond motifs is 1. The number of aryl methyl sites for hydroxylation is 1. The van der Waals surface area contributed by atoms with Crippen LogP contribution in [-0.4, -0.2) is 17.4 Å². The Kier molecular flexibility index (Phi) is 1.99. The monoisotopic (exact) mass is 228 g/mol. The smallest absolute Gasteiger partial charge is 0.307 e. The fourth-order valence-corrected chi connectivity index (χ4v) is 2.43. The molecular formula is C14H12O3. The maximum Gasteiger partial charge on any atom is 0.307 e. The van der Waals surface area contributed by atoms with Crippen molar-refractivity contribution in [1.82, 2.24) is 0 Å². The van der Waals surface area contributed by atoms with Crippen LogP contribution in [0.25, 0.3) is 6.08 Å². The minimum atomic E-state index is -1.03. The zero-order chi connectivity index (χ0) is 12.0. The number of carbonyl (C=O) groups is 2. The molecule has 0 N–H and O–H groups in total. The molecule has 86 valence electrons. The Morgan fingerprint density at radius 3 is 2.82 bits per heavy atom. The summed E-state index contributed by atoms with van der Waals surface area (Å²) in [5.41, 5.74) is 1.64. The predicted octanol–water partition coefficient (Wildman–Crippen LogP) is 2.28. The van der Waals surface area contributed by atoms with E-state index < -0.39 is 5.60 Å². The van der Waals surface area contributed by atoms with E-state index in [1.807, 2.05) is 31.2 Å². The van der Waals surface area contributed by atoms with Crippen LogP contribution >= 0.6 is 0 Å². The van der Waals surface area contributed by atoms with Gasteiger partial charge in [0.05, 0.1) is 6.42 Å². The minimum Gasteiger partial charge on any atom is -0.446 e. The molecule has 17 heavy (non-hydrogen) atoms. The number of Topliss-reactive ketones (excluding diaryl/α,β-unsaturated/α-hetero) is 1. The Morgan fingerprint density at radius 1 is 1.29 bits per heavy atom. The van der Waals surface area contributed by atoms with Gasteiger partial charge in [0.1, 0.15) is 0 Å². The molecule has 1 aliphatic carbocycles. The highest BCUT2D eigenvalue weighted by molar-refractivity contribution is 6.10. The summed E-state index contributed by atoms with van der Waals surface area (Å²) in [6, 6.07) is 5.68. The highest BCUT2D eigenvalue weighted by Crippen LogP contribution is 2.36. The van der Waals surface area contributed by atoms with E-state index in [-0.39, 0.29) is 11.8 Å². The molecule has 0 amide bonds. The first-order valence-electron chi connectivity index (χ1n) is 5.67. The van der Waals surface area contributed by atoms with E-state index in [1.165, 1.54) is 0 Å². The van der Waals surface area contributed by atoms with Crippen LogP contribution in [0.4, 0.5) is 0 Å². The summed E-state index contributed by atoms with van der Waals surface area (Å²) >= 11 is 0. The summed E-state index contributed by atoms with van der Waals surface area (Å²) in [7, 11) is 0. The number of ketones is 1. The van der Waals surface area contributed by atoms with Gasteiger partial charge in [-0.15, -0.1) is 0 Å². The van der Waals surface area contributed by atoms with E-state index in [4.69, 9.17) is 4.74 Å². The second-order valence-electron chi connectivity index (χ2n) is 4.62. The second-order valence-corrected chi connectivity index (χ2v) is 4.62. The molecule has 1 atom stereocenters. The average Bonchev–Trinajstić information content (AvgIpc) is 2.67. The molecule has 1 aromatic rings. The highest BCUT2D eigenvalue weighted by atomic mass is 16.6. The Morgan fingerprint density at radius 2 is 2.12 bits per heavy atom. The van der Waals surface area contributed by atoms with Gasteiger partial charge >= 0.3 is 5.97 Å². The Balaban J connectivity index is 2.10. The van der Waals surface area contributed by atoms with Gasteiger partial charge in [-0.1, -0.05) is 29.8 Å². The van der Waals surface area contributed by atoms with Crippen LogP contribution in [-0.2, 0) is 9.53 Å². The third kappa shape index (κ3) is 1.42. The first-order valence-corrected chi connectivity index (χ1v) is 5.67. The van der Waals surface area contributed by atoms with Crippen LogP contribution in [0.1, 0.15) is 34.3 Å². The summed E-state index contributed by atoms with van der Waals surface area (Å²) in [4.78, 5) is 23.6. The number of benzene rings is 1. The van der Waals surface area contributed by atoms with Crippen molar-refractivity contribution in [1.29, 1.82) is 0 Å². The number of esters is 1. The standard InChI is InChI=1S/C14H12O3/c1-9-2-3-11-10(8-9)4-6-14(13(11)16)7-5-12(15)17-14/h2-4,6,8H,5,7H2,1H3/t14-/m1/s1. The van der Waals surface area contributed by atoms with E-state index in [1.54, 1.807) is 6.08 Å². The lowest BCUT2D eigenvalue weighted by atomic mass is 9.82. The van der Waals surface area contributed by atoms with E-state index in [9.17, 15) is 9.59 Å². The largest absolute Gasteiger partial charge is 0.446 e. The third-order valence-corrected chi connectivity index (χ3v) is 3.36. The topological polar surface area (TPSA) is 43.4 Å². The number of hydrogen-bond donors (Lipinski definition) is 0. The lowest BCUT2D eigenvalue weighted by molar-refractivity contribution is -0.143. The lowest BCUT2D eigenvalue weighted by Crippen LogP contribution is -2.38. The van der Waals surface area contributed by atoms with E-state index in [0.29, 0.717) is 18.4 Å². The van der Waals surface area contributed by atoms with Crippen LogP contribution in [0.15, 0.2) is 24.3 Å². The van der Waals surface area contributed by atoms with Gasteiger partial charge in [-0.2, -0.15) is 0 Å². The van der Waals surface area contributed by atoms with E-state index in [2.05, 4.69) is 0 Å². The fourth-order valence-electron chi connectivity index (χ4n) is 2.43. The van der Waals surface area contributed by atoms with Crippen molar-refractivity contribution in [2.75, 3.05) is 0 Å². The van der Waals surface area contributed by atoms with Gasteiger partial charge in [-0.25, -0.2) is 0 Å². The van der Waals surface area contributed by atoms with E-state index in [0.717, 1.165) is 11.1 Å². The molecule has 3 rings (SSSR count). The molecule has 0 saturated carbocycles. The van der Waals surface area contributed by atoms with Gasteiger partial charge in [-0.05, 0) is 18.6 Å². The molecule has 2 aliphatic rings. The van der Waals surface area contributed by atoms with Crippen molar-refractivity contribution in [2.24, 2.45) is 0 Å². The fraction of sp³-hybridized carbons (Fsp3) is 0.286. The van der Waals surface area contributed by atoms with Crippen LogP contribution in [0.2, 0.25) is 0 Å². The Labute approximate surface area is 99.1 Å². The van der Waals surface area contributed by atoms with Crippen molar-refractivity contribution in [2.45, 2.75) is 25.4 Å². The summed E-state index contributed by atoms with van der Waals surface area (Å²) in [6.07, 6.45) is 4.37. The SMILES string of the molecule is Cc1ccc2c(c1)C=C[C@@]1(CCC(=O)O1)C2=O. The number of carbonyl (C=O) groups excluding carboxylic acids is 2. The molecule has 3 heteroatoms. The molecular weight excluding hydrogens is 216 g/mol. The van der Waals surface area contributed by atoms with Crippen molar-refractivity contribution in [3.8, 4) is 0 Å². The second kappa shape index (κ2) is 3.29. The van der Waals surface area contributed by atoms with Gasteiger partial charge in [0.2, 0.25) is 5.78 Å². The summed E-state index contributed by atoms with van der Waals surface area (Å²) in [5, 5.41) is 0. The van der Waals surface area contributed by atoms with Crippen LogP contribution in [0.3, 0.4) is 0 Å². The normalized spacial score (nSPS) is 26.2. The summed E-state index contributed by atoms with van der Waals surface area (Å²) in [5.74, 6) is -0.389.